The molecule has 4 aliphatic rings. The molecule has 0 radical (unpaired) electrons. The molecule has 8 atom stereocenters. The van der Waals surface area contributed by atoms with Crippen LogP contribution >= 0.6 is 0 Å². The van der Waals surface area contributed by atoms with E-state index in [9.17, 15) is 52.6 Å². The summed E-state index contributed by atoms with van der Waals surface area (Å²) in [6.45, 7) is 18.3. The third kappa shape index (κ3) is 27.9. The van der Waals surface area contributed by atoms with Crippen LogP contribution in [-0.4, -0.2) is 220 Å². The molecule has 24 nitrogen and oxygen atoms in total. The summed E-state index contributed by atoms with van der Waals surface area (Å²) < 4.78 is 73.6. The van der Waals surface area contributed by atoms with Crippen LogP contribution in [0.25, 0.3) is 0 Å². The highest BCUT2D eigenvalue weighted by atomic mass is 19.1. The first-order valence-electron chi connectivity index (χ1n) is 33.7. The molecule has 4 fully saturated rings. The number of hydrogen-bond donors (Lipinski definition) is 2. The second kappa shape index (κ2) is 38.7. The molecule has 558 valence electrons. The van der Waals surface area contributed by atoms with Crippen LogP contribution in [0, 0.1) is 11.8 Å². The largest absolute Gasteiger partial charge is 0.479 e. The summed E-state index contributed by atoms with van der Waals surface area (Å²) in [6, 6.07) is 19.5. The SMILES string of the molecule is C.C.CN[C@@H](CC(C)(C)F)C(=O)O[C@H](Cc1ccc(N2CCOCC2)cc1)C(=O)N(C)[C@@H](CC1CC1)C(=O)O[C@H](C)C(=O)OCc1ccccc1.C[C@@H](OC(=O)[C@H](CC1CC1)N(C)C(=O)[C@@H](Cc1ccc(N2CCOCC2)cc1)OC(=O)[C@H](CC(C)(C)F)N(C)C(=O)OC(C)(C)C)C(=O)O. The molecule has 2 N–H and O–H groups in total. The van der Waals surface area contributed by atoms with E-state index in [1.807, 2.05) is 66.7 Å². The van der Waals surface area contributed by atoms with Crippen molar-refractivity contribution < 1.29 is 94.9 Å². The second-order valence-electron chi connectivity index (χ2n) is 28.0. The van der Waals surface area contributed by atoms with E-state index >= 15 is 4.39 Å². The number of halogens is 2. The fraction of sp³-hybridized carbons (Fsp3) is 0.635. The van der Waals surface area contributed by atoms with E-state index in [0.717, 1.165) is 84.2 Å². The Hall–Kier alpha value is -7.97. The standard InChI is InChI=1S/C37H50FN3O8.C35H52FN3O10.2CH4/c1-25(34(43)47-24-28-9-7-6-8-10-28)48-36(45)31(21-26-11-12-26)40(5)33(42)32(49-35(44)30(39-4)23-37(2,3)38)22-27-13-15-29(16-14-27)41-17-19-46-20-18-41;1-22(30(41)42)47-31(43)26(19-23-9-10-23)37(7)29(40)28(20-24-11-13-25(14-12-24)39-15-17-46-18-16-39)48-32(44)27(21-35(5,6)36)38(8)33(45)49-34(2,3)4;;/h6-10,13-16,25-26,30-32,39H,11-12,17-24H2,1-5H3;11-14,22-23,26-28H,9-10,15-21H2,1-8H3,(H,41,42);2*1H4/t25-,30+,31+,32-;22-,26+,27+,28-;;/m11../s1. The number of esters is 5. The van der Waals surface area contributed by atoms with Crippen molar-refractivity contribution in [1.82, 2.24) is 20.0 Å². The number of carbonyl (C=O) groups is 9. The van der Waals surface area contributed by atoms with Crippen LogP contribution in [0.4, 0.5) is 25.0 Å². The molecule has 26 heteroatoms. The molecular weight excluding hydrogens is 1300 g/mol. The summed E-state index contributed by atoms with van der Waals surface area (Å²) in [4.78, 5) is 127. The lowest BCUT2D eigenvalue weighted by Crippen LogP contribution is -2.52. The predicted octanol–water partition coefficient (Wildman–Crippen LogP) is 9.27. The maximum atomic E-state index is 15.0. The average Bonchev–Trinajstić information content (AvgIpc) is 1.60. The van der Waals surface area contributed by atoms with E-state index in [1.165, 1.54) is 74.6 Å². The summed E-state index contributed by atoms with van der Waals surface area (Å²) in [5.74, 6) is -6.50. The Morgan fingerprint density at radius 3 is 1.32 bits per heavy atom. The fourth-order valence-electron chi connectivity index (χ4n) is 11.0. The minimum Gasteiger partial charge on any atom is -0.479 e. The fourth-order valence-corrected chi connectivity index (χ4v) is 11.0. The van der Waals surface area contributed by atoms with Crippen molar-refractivity contribution in [2.24, 2.45) is 11.8 Å². The van der Waals surface area contributed by atoms with Gasteiger partial charge in [0.25, 0.3) is 11.8 Å². The molecule has 0 bridgehead atoms. The van der Waals surface area contributed by atoms with E-state index in [1.54, 1.807) is 32.9 Å². The van der Waals surface area contributed by atoms with Crippen molar-refractivity contribution in [2.75, 3.05) is 90.6 Å². The van der Waals surface area contributed by atoms with Crippen molar-refractivity contribution in [1.29, 1.82) is 0 Å². The lowest BCUT2D eigenvalue weighted by atomic mass is 9.99. The van der Waals surface area contributed by atoms with E-state index < -0.39 is 126 Å². The first-order chi connectivity index (χ1) is 46.1. The van der Waals surface area contributed by atoms with Gasteiger partial charge in [-0.3, -0.25) is 19.3 Å². The quantitative estimate of drug-likeness (QED) is 0.0435. The van der Waals surface area contributed by atoms with Gasteiger partial charge in [0.05, 0.1) is 26.4 Å². The number of nitrogens with one attached hydrogen (secondary N) is 1. The molecule has 0 aromatic heterocycles. The Bertz CT molecular complexity index is 3120. The number of aliphatic carboxylic acids is 1. The van der Waals surface area contributed by atoms with E-state index in [0.29, 0.717) is 38.4 Å². The minimum atomic E-state index is -1.91. The summed E-state index contributed by atoms with van der Waals surface area (Å²) in [7, 11) is 5.67. The molecule has 100 heavy (non-hydrogen) atoms. The van der Waals surface area contributed by atoms with E-state index in [-0.39, 0.29) is 59.0 Å². The zero-order chi connectivity index (χ0) is 72.2. The van der Waals surface area contributed by atoms with Crippen LogP contribution in [-0.2, 0) is 95.7 Å². The molecule has 7 rings (SSSR count). The first kappa shape index (κ1) is 84.4. The van der Waals surface area contributed by atoms with Crippen LogP contribution in [0.5, 0.6) is 0 Å². The van der Waals surface area contributed by atoms with Gasteiger partial charge in [-0.15, -0.1) is 0 Å². The summed E-state index contributed by atoms with van der Waals surface area (Å²) >= 11 is 0. The Balaban J connectivity index is 0.000000416. The van der Waals surface area contributed by atoms with E-state index in [2.05, 4.69) is 15.1 Å². The summed E-state index contributed by atoms with van der Waals surface area (Å²) in [5.41, 5.74) is -0.357. The number of anilines is 2. The number of nitrogens with zero attached hydrogens (tertiary/aromatic N) is 5. The predicted molar refractivity (Wildman–Crippen MR) is 373 cm³/mol. The molecule has 0 spiro atoms. The highest BCUT2D eigenvalue weighted by Crippen LogP contribution is 2.37. The van der Waals surface area contributed by atoms with Gasteiger partial charge in [0, 0.05) is 84.4 Å². The number of hydrogen-bond acceptors (Lipinski definition) is 20. The van der Waals surface area contributed by atoms with Crippen molar-refractivity contribution in [2.45, 2.75) is 214 Å². The lowest BCUT2D eigenvalue weighted by molar-refractivity contribution is -0.174. The molecule has 3 aromatic carbocycles. The molecular formula is C74H110F2N6O18. The van der Waals surface area contributed by atoms with Gasteiger partial charge in [-0.25, -0.2) is 37.5 Å². The van der Waals surface area contributed by atoms with Gasteiger partial charge in [-0.05, 0) is 135 Å². The highest BCUT2D eigenvalue weighted by molar-refractivity contribution is 5.92. The molecule has 2 saturated heterocycles. The topological polar surface area (TPSA) is 276 Å². The van der Waals surface area contributed by atoms with Crippen LogP contribution in [0.1, 0.15) is 145 Å². The lowest BCUT2D eigenvalue weighted by Gasteiger charge is -2.34. The van der Waals surface area contributed by atoms with Crippen LogP contribution < -0.4 is 15.1 Å². The second-order valence-corrected chi connectivity index (χ2v) is 28.0. The van der Waals surface area contributed by atoms with E-state index in [4.69, 9.17) is 37.9 Å². The van der Waals surface area contributed by atoms with Crippen LogP contribution in [0.3, 0.4) is 0 Å². The van der Waals surface area contributed by atoms with Crippen molar-refractivity contribution >= 4 is 65.1 Å². The molecule has 3 amide bonds. The maximum absolute atomic E-state index is 15.0. The number of amides is 3. The number of carbonyl (C=O) groups excluding carboxylic acids is 8. The number of likely N-dealkylation sites (N-methyl/N-ethyl adjacent to an activating group) is 4. The molecule has 2 saturated carbocycles. The molecule has 0 unspecified atom stereocenters. The number of morpholine rings is 2. The van der Waals surface area contributed by atoms with Crippen molar-refractivity contribution in [3.63, 3.8) is 0 Å². The van der Waals surface area contributed by atoms with Gasteiger partial charge >= 0.3 is 41.9 Å². The number of benzene rings is 3. The molecule has 2 aliphatic heterocycles. The molecule has 2 aliphatic carbocycles. The molecule has 2 heterocycles. The third-order valence-electron chi connectivity index (χ3n) is 17.1. The Kier molecular flexibility index (Phi) is 32.7. The summed E-state index contributed by atoms with van der Waals surface area (Å²) in [5, 5.41) is 12.1. The number of carboxylic acid groups (broad SMARTS) is 1. The normalized spacial score (nSPS) is 17.1. The smallest absolute Gasteiger partial charge is 0.410 e. The minimum absolute atomic E-state index is 0. The van der Waals surface area contributed by atoms with Gasteiger partial charge in [0.2, 0.25) is 0 Å². The number of carboxylic acids is 1. The molecule has 3 aromatic rings. The van der Waals surface area contributed by atoms with Crippen LogP contribution in [0.2, 0.25) is 0 Å². The van der Waals surface area contributed by atoms with Gasteiger partial charge in [-0.1, -0.05) is 95.1 Å². The van der Waals surface area contributed by atoms with Gasteiger partial charge in [-0.2, -0.15) is 0 Å². The van der Waals surface area contributed by atoms with Crippen LogP contribution in [0.15, 0.2) is 78.9 Å². The van der Waals surface area contributed by atoms with Crippen molar-refractivity contribution in [3.05, 3.63) is 95.6 Å². The zero-order valence-corrected chi connectivity index (χ0v) is 59.1. The Labute approximate surface area is 589 Å². The first-order valence-corrected chi connectivity index (χ1v) is 33.7. The number of rotatable bonds is 32. The third-order valence-corrected chi connectivity index (χ3v) is 17.1. The zero-order valence-electron chi connectivity index (χ0n) is 59.1. The van der Waals surface area contributed by atoms with Gasteiger partial charge in [0.1, 0.15) is 47.7 Å². The van der Waals surface area contributed by atoms with Gasteiger partial charge < -0.3 is 67.9 Å². The maximum Gasteiger partial charge on any atom is 0.410 e. The Morgan fingerprint density at radius 1 is 0.540 bits per heavy atom. The summed E-state index contributed by atoms with van der Waals surface area (Å²) in [6.07, 6.45) is -2.96. The van der Waals surface area contributed by atoms with Crippen molar-refractivity contribution in [3.8, 4) is 0 Å². The highest BCUT2D eigenvalue weighted by Gasteiger charge is 2.44. The Morgan fingerprint density at radius 2 is 0.940 bits per heavy atom. The average molecular weight is 1410 g/mol. The monoisotopic (exact) mass is 1410 g/mol. The van der Waals surface area contributed by atoms with Gasteiger partial charge in [0.15, 0.2) is 24.4 Å². The number of alkyl halides is 2. The number of ether oxygens (including phenoxy) is 8.